The number of hydrogen-bond acceptors (Lipinski definition) is 7. The molecule has 0 radical (unpaired) electrons. The van der Waals surface area contributed by atoms with Crippen LogP contribution in [0.3, 0.4) is 0 Å². The average Bonchev–Trinajstić information content (AvgIpc) is 3.80. The first kappa shape index (κ1) is 29.3. The van der Waals surface area contributed by atoms with Crippen molar-refractivity contribution in [2.24, 2.45) is 18.9 Å². The molecule has 0 bridgehead atoms. The fraction of sp³-hybridized carbons (Fsp3) is 0.545. The summed E-state index contributed by atoms with van der Waals surface area (Å²) >= 11 is 0. The van der Waals surface area contributed by atoms with Gasteiger partial charge >= 0.3 is 0 Å². The summed E-state index contributed by atoms with van der Waals surface area (Å²) in [5.74, 6) is 1.06. The van der Waals surface area contributed by atoms with Crippen LogP contribution in [0.2, 0.25) is 0 Å². The second-order valence-electron chi connectivity index (χ2n) is 12.4. The zero-order chi connectivity index (χ0) is 29.9. The molecule has 3 fully saturated rings. The van der Waals surface area contributed by atoms with E-state index in [1.807, 2.05) is 47.2 Å². The molecule has 2 aromatic carbocycles. The van der Waals surface area contributed by atoms with E-state index in [1.54, 1.807) is 11.8 Å². The summed E-state index contributed by atoms with van der Waals surface area (Å²) in [5.41, 5.74) is 3.96. The van der Waals surface area contributed by atoms with Crippen molar-refractivity contribution in [2.45, 2.75) is 63.5 Å². The quantitative estimate of drug-likeness (QED) is 0.411. The van der Waals surface area contributed by atoms with E-state index in [4.69, 9.17) is 4.74 Å². The molecule has 43 heavy (non-hydrogen) atoms. The van der Waals surface area contributed by atoms with Gasteiger partial charge in [-0.05, 0) is 92.8 Å². The molecule has 0 unspecified atom stereocenters. The van der Waals surface area contributed by atoms with Crippen molar-refractivity contribution in [1.82, 2.24) is 30.1 Å². The Morgan fingerprint density at radius 1 is 1.00 bits per heavy atom. The maximum absolute atomic E-state index is 14.1. The molecule has 10 heteroatoms. The van der Waals surface area contributed by atoms with Gasteiger partial charge in [-0.15, -0.1) is 5.10 Å². The first-order chi connectivity index (χ1) is 20.9. The number of likely N-dealkylation sites (tertiary alicyclic amines) is 2. The van der Waals surface area contributed by atoms with Gasteiger partial charge in [-0.1, -0.05) is 23.4 Å². The number of Topliss-reactive ketones (excluding diaryl/α,β-unsaturated/α-hetero) is 1. The predicted octanol–water partition coefficient (Wildman–Crippen LogP) is 2.93. The second-order valence-corrected chi connectivity index (χ2v) is 12.4. The van der Waals surface area contributed by atoms with Crippen LogP contribution in [0.1, 0.15) is 49.7 Å². The van der Waals surface area contributed by atoms with Crippen LogP contribution in [0.5, 0.6) is 5.75 Å². The van der Waals surface area contributed by atoms with E-state index in [9.17, 15) is 14.4 Å². The van der Waals surface area contributed by atoms with E-state index < -0.39 is 12.1 Å². The highest BCUT2D eigenvalue weighted by Gasteiger charge is 2.43. The van der Waals surface area contributed by atoms with Crippen LogP contribution in [0.25, 0.3) is 11.0 Å². The van der Waals surface area contributed by atoms with Crippen molar-refractivity contribution < 1.29 is 19.1 Å². The second kappa shape index (κ2) is 12.8. The minimum Gasteiger partial charge on any atom is -0.497 e. The third-order valence-electron chi connectivity index (χ3n) is 9.53. The molecule has 0 saturated carbocycles. The Kier molecular flexibility index (Phi) is 8.74. The SMILES string of the molecule is COc1ccc(C[C@@H]2C[C@@H](C(=O)CCc3ccc4c(c3)nnn4C)N(C(=O)[C@H]3C[C@@H](C(=O)N4CCCC4)CCN3)C2)cc1. The minimum absolute atomic E-state index is 0.0458. The lowest BCUT2D eigenvalue weighted by Crippen LogP contribution is -2.54. The largest absolute Gasteiger partial charge is 0.497 e. The normalized spacial score (nSPS) is 24.0. The molecule has 3 aliphatic heterocycles. The Bertz CT molecular complexity index is 1460. The average molecular weight is 587 g/mol. The van der Waals surface area contributed by atoms with Crippen LogP contribution in [0.15, 0.2) is 42.5 Å². The Morgan fingerprint density at radius 2 is 1.77 bits per heavy atom. The van der Waals surface area contributed by atoms with Crippen molar-refractivity contribution in [3.05, 3.63) is 53.6 Å². The lowest BCUT2D eigenvalue weighted by atomic mass is 9.90. The van der Waals surface area contributed by atoms with E-state index in [0.717, 1.165) is 66.7 Å². The van der Waals surface area contributed by atoms with E-state index in [0.29, 0.717) is 38.8 Å². The summed E-state index contributed by atoms with van der Waals surface area (Å²) in [4.78, 5) is 44.8. The van der Waals surface area contributed by atoms with Crippen LogP contribution < -0.4 is 10.1 Å². The number of amides is 2. The number of piperidine rings is 1. The Hall–Kier alpha value is -3.79. The van der Waals surface area contributed by atoms with Gasteiger partial charge in [0, 0.05) is 39.0 Å². The standard InChI is InChI=1S/C33H42N6O4/c1-37-29-11-7-23(18-27(29)35-36-37)8-12-31(40)30-19-24(17-22-5-9-26(43-2)10-6-22)21-39(30)33(42)28-20-25(13-14-34-28)32(41)38-15-3-4-16-38/h5-7,9-11,18,24-25,28,30,34H,3-4,8,12-17,19-21H2,1-2H3/t24-,25+,28-,30+/m1/s1. The number of fused-ring (bicyclic) bond motifs is 1. The molecule has 10 nitrogen and oxygen atoms in total. The van der Waals surface area contributed by atoms with Gasteiger partial charge in [0.05, 0.1) is 24.7 Å². The highest BCUT2D eigenvalue weighted by atomic mass is 16.5. The molecule has 2 amide bonds. The van der Waals surface area contributed by atoms with E-state index in [2.05, 4.69) is 27.8 Å². The molecule has 228 valence electrons. The lowest BCUT2D eigenvalue weighted by Gasteiger charge is -2.34. The number of aryl methyl sites for hydroxylation is 2. The number of carbonyl (C=O) groups is 3. The molecular formula is C33H42N6O4. The number of carbonyl (C=O) groups excluding carboxylic acids is 3. The van der Waals surface area contributed by atoms with Gasteiger partial charge in [0.1, 0.15) is 11.3 Å². The summed E-state index contributed by atoms with van der Waals surface area (Å²) in [7, 11) is 3.51. The maximum atomic E-state index is 14.1. The van der Waals surface area contributed by atoms with Gasteiger partial charge in [0.15, 0.2) is 5.78 Å². The summed E-state index contributed by atoms with van der Waals surface area (Å²) < 4.78 is 7.04. The van der Waals surface area contributed by atoms with Crippen molar-refractivity contribution in [3.8, 4) is 5.75 Å². The van der Waals surface area contributed by atoms with E-state index >= 15 is 0 Å². The highest BCUT2D eigenvalue weighted by Crippen LogP contribution is 2.31. The third-order valence-corrected chi connectivity index (χ3v) is 9.53. The number of hydrogen-bond donors (Lipinski definition) is 1. The number of ether oxygens (including phenoxy) is 1. The maximum Gasteiger partial charge on any atom is 0.240 e. The molecule has 3 saturated heterocycles. The van der Waals surface area contributed by atoms with Gasteiger partial charge in [0.2, 0.25) is 11.8 Å². The number of ketones is 1. The van der Waals surface area contributed by atoms with Crippen LogP contribution in [0.4, 0.5) is 0 Å². The molecule has 3 aliphatic rings. The highest BCUT2D eigenvalue weighted by molar-refractivity contribution is 5.92. The van der Waals surface area contributed by atoms with Crippen molar-refractivity contribution in [1.29, 1.82) is 0 Å². The van der Waals surface area contributed by atoms with Crippen molar-refractivity contribution >= 4 is 28.6 Å². The van der Waals surface area contributed by atoms with Crippen LogP contribution in [-0.4, -0.2) is 87.8 Å². The summed E-state index contributed by atoms with van der Waals surface area (Å²) in [6.45, 7) is 2.81. The van der Waals surface area contributed by atoms with Gasteiger partial charge in [-0.2, -0.15) is 0 Å². The van der Waals surface area contributed by atoms with Crippen molar-refractivity contribution in [3.63, 3.8) is 0 Å². The van der Waals surface area contributed by atoms with Gasteiger partial charge in [0.25, 0.3) is 0 Å². The first-order valence-corrected chi connectivity index (χ1v) is 15.7. The smallest absolute Gasteiger partial charge is 0.240 e. The molecule has 1 aromatic heterocycles. The fourth-order valence-corrected chi connectivity index (χ4v) is 7.12. The van der Waals surface area contributed by atoms with E-state index in [1.165, 1.54) is 0 Å². The van der Waals surface area contributed by atoms with Gasteiger partial charge in [-0.25, -0.2) is 4.68 Å². The monoisotopic (exact) mass is 586 g/mol. The summed E-state index contributed by atoms with van der Waals surface area (Å²) in [6, 6.07) is 13.1. The Balaban J connectivity index is 1.16. The zero-order valence-electron chi connectivity index (χ0n) is 25.2. The molecule has 0 aliphatic carbocycles. The number of aromatic nitrogens is 3. The van der Waals surface area contributed by atoms with Crippen molar-refractivity contribution in [2.75, 3.05) is 33.3 Å². The molecule has 6 rings (SSSR count). The molecular weight excluding hydrogens is 544 g/mol. The molecule has 1 N–H and O–H groups in total. The summed E-state index contributed by atoms with van der Waals surface area (Å²) in [6.07, 6.45) is 5.71. The number of methoxy groups -OCH3 is 1. The first-order valence-electron chi connectivity index (χ1n) is 15.7. The molecule has 3 aromatic rings. The number of nitrogens with one attached hydrogen (secondary N) is 1. The Labute approximate surface area is 252 Å². The third kappa shape index (κ3) is 6.44. The van der Waals surface area contributed by atoms with Gasteiger partial charge in [-0.3, -0.25) is 14.4 Å². The van der Waals surface area contributed by atoms with E-state index in [-0.39, 0.29) is 29.4 Å². The van der Waals surface area contributed by atoms with Crippen LogP contribution in [-0.2, 0) is 34.3 Å². The lowest BCUT2D eigenvalue weighted by molar-refractivity contribution is -0.142. The predicted molar refractivity (Wildman–Crippen MR) is 162 cm³/mol. The number of rotatable bonds is 9. The minimum atomic E-state index is -0.465. The molecule has 4 atom stereocenters. The zero-order valence-corrected chi connectivity index (χ0v) is 25.2. The van der Waals surface area contributed by atoms with Gasteiger partial charge < -0.3 is 19.9 Å². The summed E-state index contributed by atoms with van der Waals surface area (Å²) in [5, 5.41) is 11.7. The molecule has 0 spiro atoms. The topological polar surface area (TPSA) is 110 Å². The fourth-order valence-electron chi connectivity index (χ4n) is 7.12. The Morgan fingerprint density at radius 3 is 2.53 bits per heavy atom. The number of nitrogens with zero attached hydrogens (tertiary/aromatic N) is 5. The van der Waals surface area contributed by atoms with Crippen LogP contribution >= 0.6 is 0 Å². The number of benzene rings is 2. The molecule has 4 heterocycles. The van der Waals surface area contributed by atoms with Crippen LogP contribution in [0, 0.1) is 11.8 Å².